The van der Waals surface area contributed by atoms with Crippen molar-refractivity contribution in [1.29, 1.82) is 0 Å². The van der Waals surface area contributed by atoms with Crippen LogP contribution in [0.15, 0.2) is 18.2 Å². The lowest BCUT2D eigenvalue weighted by Crippen LogP contribution is -2.18. The van der Waals surface area contributed by atoms with E-state index in [1.54, 1.807) is 0 Å². The molecule has 0 fully saturated rings. The van der Waals surface area contributed by atoms with Gasteiger partial charge in [-0.3, -0.25) is 4.52 Å². The maximum atomic E-state index is 11.3. The van der Waals surface area contributed by atoms with Crippen molar-refractivity contribution < 1.29 is 18.9 Å². The molecule has 0 radical (unpaired) electrons. The molecule has 1 aromatic carbocycles. The number of anilines is 1. The average molecular weight is 372 g/mol. The fourth-order valence-corrected chi connectivity index (χ4v) is 3.42. The van der Waals surface area contributed by atoms with Crippen LogP contribution in [0.25, 0.3) is 0 Å². The van der Waals surface area contributed by atoms with Crippen LogP contribution < -0.4 is 11.1 Å². The van der Waals surface area contributed by atoms with Crippen LogP contribution in [-0.4, -0.2) is 22.9 Å². The van der Waals surface area contributed by atoms with Gasteiger partial charge in [0.25, 0.3) is 0 Å². The van der Waals surface area contributed by atoms with Gasteiger partial charge in [-0.1, -0.05) is 51.7 Å². The fraction of sp³-hybridized carbons (Fsp3) is 0.667. The van der Waals surface area contributed by atoms with Crippen molar-refractivity contribution in [3.8, 4) is 0 Å². The first-order valence-corrected chi connectivity index (χ1v) is 10.8. The van der Waals surface area contributed by atoms with Crippen molar-refractivity contribution in [2.45, 2.75) is 64.9 Å². The van der Waals surface area contributed by atoms with Gasteiger partial charge in [-0.05, 0) is 36.5 Å². The smallest absolute Gasteiger partial charge is 0.385 e. The molecule has 0 aliphatic rings. The molecule has 0 amide bonds. The molecular formula is C18H33N2O4P. The highest BCUT2D eigenvalue weighted by Gasteiger charge is 2.25. The quantitative estimate of drug-likeness (QED) is 0.306. The largest absolute Gasteiger partial charge is 0.470 e. The number of rotatable bonds is 13. The molecule has 5 N–H and O–H groups in total. The standard InChI is InChI=1S/C18H33N2O4P/c1-3-5-7-10-15-16(18(14-19)24-25(21,22)23)11-9-12-17(15)20-13-8-6-4-2/h9,11-12,18,20H,3-8,10,13-14,19H2,1-2H3,(H2,21,22,23). The third kappa shape index (κ3) is 8.34. The van der Waals surface area contributed by atoms with Crippen molar-refractivity contribution in [1.82, 2.24) is 0 Å². The van der Waals surface area contributed by atoms with E-state index in [0.717, 1.165) is 61.9 Å². The molecule has 144 valence electrons. The van der Waals surface area contributed by atoms with Crippen LogP contribution in [0.4, 0.5) is 5.69 Å². The van der Waals surface area contributed by atoms with Gasteiger partial charge >= 0.3 is 7.82 Å². The van der Waals surface area contributed by atoms with E-state index in [1.807, 2.05) is 18.2 Å². The van der Waals surface area contributed by atoms with Gasteiger partial charge in [-0.25, -0.2) is 4.57 Å². The van der Waals surface area contributed by atoms with Crippen LogP contribution in [0, 0.1) is 0 Å². The summed E-state index contributed by atoms with van der Waals surface area (Å²) in [5.41, 5.74) is 8.57. The Morgan fingerprint density at radius 1 is 1.16 bits per heavy atom. The van der Waals surface area contributed by atoms with E-state index in [1.165, 1.54) is 6.42 Å². The number of benzene rings is 1. The molecule has 7 heteroatoms. The number of phosphoric ester groups is 1. The molecular weight excluding hydrogens is 339 g/mol. The summed E-state index contributed by atoms with van der Waals surface area (Å²) in [6.45, 7) is 5.22. The monoisotopic (exact) mass is 372 g/mol. The van der Waals surface area contributed by atoms with Gasteiger partial charge < -0.3 is 20.8 Å². The van der Waals surface area contributed by atoms with Crippen LogP contribution in [0.3, 0.4) is 0 Å². The number of phosphoric acid groups is 1. The minimum atomic E-state index is -4.60. The number of nitrogens with one attached hydrogen (secondary N) is 1. The molecule has 0 aliphatic carbocycles. The summed E-state index contributed by atoms with van der Waals surface area (Å²) in [6.07, 6.45) is 6.69. The third-order valence-corrected chi connectivity index (χ3v) is 4.69. The van der Waals surface area contributed by atoms with Gasteiger partial charge in [0.15, 0.2) is 0 Å². The van der Waals surface area contributed by atoms with Crippen molar-refractivity contribution in [3.63, 3.8) is 0 Å². The predicted molar refractivity (Wildman–Crippen MR) is 103 cm³/mol. The highest BCUT2D eigenvalue weighted by molar-refractivity contribution is 7.46. The van der Waals surface area contributed by atoms with E-state index >= 15 is 0 Å². The molecule has 1 unspecified atom stereocenters. The summed E-state index contributed by atoms with van der Waals surface area (Å²) in [5, 5.41) is 3.47. The van der Waals surface area contributed by atoms with E-state index in [9.17, 15) is 14.4 Å². The Morgan fingerprint density at radius 3 is 2.44 bits per heavy atom. The Hall–Kier alpha value is -0.910. The predicted octanol–water partition coefficient (Wildman–Crippen LogP) is 4.13. The molecule has 0 bridgehead atoms. The minimum Gasteiger partial charge on any atom is -0.385 e. The van der Waals surface area contributed by atoms with Crippen molar-refractivity contribution in [2.24, 2.45) is 5.73 Å². The highest BCUT2D eigenvalue weighted by atomic mass is 31.2. The zero-order valence-electron chi connectivity index (χ0n) is 15.4. The van der Waals surface area contributed by atoms with Gasteiger partial charge in [0.1, 0.15) is 6.10 Å². The molecule has 0 saturated carbocycles. The molecule has 6 nitrogen and oxygen atoms in total. The summed E-state index contributed by atoms with van der Waals surface area (Å²) in [6, 6.07) is 5.75. The molecule has 1 rings (SSSR count). The Morgan fingerprint density at radius 2 is 1.84 bits per heavy atom. The number of unbranched alkanes of at least 4 members (excludes halogenated alkanes) is 4. The summed E-state index contributed by atoms with van der Waals surface area (Å²) < 4.78 is 16.2. The lowest BCUT2D eigenvalue weighted by Gasteiger charge is -2.23. The van der Waals surface area contributed by atoms with Crippen LogP contribution >= 0.6 is 7.82 Å². The van der Waals surface area contributed by atoms with Crippen molar-refractivity contribution >= 4 is 13.5 Å². The summed E-state index contributed by atoms with van der Waals surface area (Å²) >= 11 is 0. The first kappa shape index (κ1) is 22.1. The minimum absolute atomic E-state index is 0.0190. The molecule has 0 aliphatic heterocycles. The van der Waals surface area contributed by atoms with Crippen LogP contribution in [0.2, 0.25) is 0 Å². The number of hydrogen-bond acceptors (Lipinski definition) is 4. The molecule has 1 aromatic rings. The van der Waals surface area contributed by atoms with Crippen molar-refractivity contribution in [3.05, 3.63) is 29.3 Å². The second kappa shape index (κ2) is 11.7. The molecule has 0 spiro atoms. The maximum Gasteiger partial charge on any atom is 0.470 e. The van der Waals surface area contributed by atoms with Gasteiger partial charge in [-0.15, -0.1) is 0 Å². The highest BCUT2D eigenvalue weighted by Crippen LogP contribution is 2.43. The zero-order valence-corrected chi connectivity index (χ0v) is 16.3. The molecule has 0 heterocycles. The second-order valence-electron chi connectivity index (χ2n) is 6.28. The van der Waals surface area contributed by atoms with E-state index in [4.69, 9.17) is 10.3 Å². The molecule has 0 aromatic heterocycles. The third-order valence-electron chi connectivity index (χ3n) is 4.16. The fourth-order valence-electron chi connectivity index (χ4n) is 2.89. The number of hydrogen-bond donors (Lipinski definition) is 4. The lowest BCUT2D eigenvalue weighted by molar-refractivity contribution is 0.138. The summed E-state index contributed by atoms with van der Waals surface area (Å²) in [4.78, 5) is 18.3. The first-order chi connectivity index (χ1) is 11.9. The maximum absolute atomic E-state index is 11.3. The van der Waals surface area contributed by atoms with E-state index in [0.29, 0.717) is 0 Å². The van der Waals surface area contributed by atoms with Crippen LogP contribution in [0.5, 0.6) is 0 Å². The average Bonchev–Trinajstić information content (AvgIpc) is 2.57. The Labute approximate surface area is 151 Å². The Balaban J connectivity index is 3.04. The van der Waals surface area contributed by atoms with Gasteiger partial charge in [0.05, 0.1) is 0 Å². The topological polar surface area (TPSA) is 105 Å². The van der Waals surface area contributed by atoms with E-state index < -0.39 is 13.9 Å². The van der Waals surface area contributed by atoms with E-state index in [2.05, 4.69) is 19.2 Å². The number of nitrogens with two attached hydrogens (primary N) is 1. The Bertz CT molecular complexity index is 548. The normalized spacial score (nSPS) is 13.0. The second-order valence-corrected chi connectivity index (χ2v) is 7.48. The summed E-state index contributed by atoms with van der Waals surface area (Å²) in [7, 11) is -4.60. The van der Waals surface area contributed by atoms with Crippen LogP contribution in [-0.2, 0) is 15.5 Å². The first-order valence-electron chi connectivity index (χ1n) is 9.22. The molecule has 25 heavy (non-hydrogen) atoms. The lowest BCUT2D eigenvalue weighted by atomic mass is 9.95. The zero-order chi connectivity index (χ0) is 18.7. The van der Waals surface area contributed by atoms with Crippen LogP contribution in [0.1, 0.15) is 69.6 Å². The summed E-state index contributed by atoms with van der Waals surface area (Å²) in [5.74, 6) is 0. The van der Waals surface area contributed by atoms with Crippen molar-refractivity contribution in [2.75, 3.05) is 18.4 Å². The SMILES string of the molecule is CCCCCNc1cccc(C(CN)OP(=O)(O)O)c1CCCCC. The Kier molecular flexibility index (Phi) is 10.3. The molecule has 1 atom stereocenters. The van der Waals surface area contributed by atoms with E-state index in [-0.39, 0.29) is 6.54 Å². The van der Waals surface area contributed by atoms with Gasteiger partial charge in [0.2, 0.25) is 0 Å². The van der Waals surface area contributed by atoms with Gasteiger partial charge in [0, 0.05) is 18.8 Å². The molecule has 0 saturated heterocycles. The van der Waals surface area contributed by atoms with Gasteiger partial charge in [-0.2, -0.15) is 0 Å².